The van der Waals surface area contributed by atoms with Crippen LogP contribution in [-0.4, -0.2) is 12.1 Å². The molecular weight excluding hydrogens is 174 g/mol. The number of hydrogen-bond donors (Lipinski definition) is 1. The summed E-state index contributed by atoms with van der Waals surface area (Å²) in [6.45, 7) is 9.47. The van der Waals surface area contributed by atoms with E-state index in [-0.39, 0.29) is 5.54 Å². The quantitative estimate of drug-likeness (QED) is 0.798. The van der Waals surface area contributed by atoms with E-state index in [0.29, 0.717) is 0 Å². The Morgan fingerprint density at radius 3 is 2.71 bits per heavy atom. The summed E-state index contributed by atoms with van der Waals surface area (Å²) in [7, 11) is 0. The summed E-state index contributed by atoms with van der Waals surface area (Å²) in [5.74, 6) is 0.915. The Balaban J connectivity index is 2.46. The van der Waals surface area contributed by atoms with Crippen molar-refractivity contribution in [3.05, 3.63) is 29.7 Å². The first kappa shape index (κ1) is 11.1. The van der Waals surface area contributed by atoms with Crippen LogP contribution in [0, 0.1) is 0 Å². The zero-order chi connectivity index (χ0) is 10.6. The van der Waals surface area contributed by atoms with Crippen molar-refractivity contribution in [2.24, 2.45) is 0 Å². The van der Waals surface area contributed by atoms with Crippen LogP contribution in [0.1, 0.15) is 33.5 Å². The predicted octanol–water partition coefficient (Wildman–Crippen LogP) is 3.07. The lowest BCUT2D eigenvalue weighted by Crippen LogP contribution is -2.36. The van der Waals surface area contributed by atoms with Gasteiger partial charge in [-0.15, -0.1) is 0 Å². The normalized spacial score (nSPS) is 13.3. The number of nitrogens with one attached hydrogen (secondary N) is 1. The van der Waals surface area contributed by atoms with Crippen molar-refractivity contribution in [1.29, 1.82) is 0 Å². The molecule has 1 aromatic heterocycles. The van der Waals surface area contributed by atoms with Gasteiger partial charge >= 0.3 is 0 Å². The lowest BCUT2D eigenvalue weighted by atomic mass is 10.1. The van der Waals surface area contributed by atoms with Crippen LogP contribution in [0.2, 0.25) is 0 Å². The largest absolute Gasteiger partial charge is 0.465 e. The van der Waals surface area contributed by atoms with Crippen molar-refractivity contribution in [3.8, 4) is 0 Å². The minimum absolute atomic E-state index is 0.165. The highest BCUT2D eigenvalue weighted by Crippen LogP contribution is 2.07. The Hall–Kier alpha value is -1.02. The van der Waals surface area contributed by atoms with E-state index in [9.17, 15) is 0 Å². The number of furan rings is 1. The SMILES string of the molecule is CC(=Cc1ccco1)CNC(C)(C)C. The molecule has 1 rings (SSSR count). The van der Waals surface area contributed by atoms with Gasteiger partial charge in [0.2, 0.25) is 0 Å². The molecule has 14 heavy (non-hydrogen) atoms. The molecule has 2 nitrogen and oxygen atoms in total. The van der Waals surface area contributed by atoms with Gasteiger partial charge in [-0.3, -0.25) is 0 Å². The van der Waals surface area contributed by atoms with Crippen LogP contribution in [0.25, 0.3) is 6.08 Å². The standard InChI is InChI=1S/C12H19NO/c1-10(9-13-12(2,3)4)8-11-6-5-7-14-11/h5-8,13H,9H2,1-4H3. The Morgan fingerprint density at radius 1 is 1.50 bits per heavy atom. The highest BCUT2D eigenvalue weighted by Gasteiger charge is 2.07. The van der Waals surface area contributed by atoms with E-state index in [0.717, 1.165) is 12.3 Å². The molecule has 1 aromatic rings. The van der Waals surface area contributed by atoms with Gasteiger partial charge in [0.1, 0.15) is 5.76 Å². The summed E-state index contributed by atoms with van der Waals surface area (Å²) in [5, 5.41) is 3.42. The second-order valence-electron chi connectivity index (χ2n) is 4.61. The first-order chi connectivity index (χ1) is 6.47. The fraction of sp³-hybridized carbons (Fsp3) is 0.500. The molecule has 0 aliphatic heterocycles. The van der Waals surface area contributed by atoms with Gasteiger partial charge in [-0.25, -0.2) is 0 Å². The van der Waals surface area contributed by atoms with Crippen LogP contribution in [0.4, 0.5) is 0 Å². The van der Waals surface area contributed by atoms with Crippen molar-refractivity contribution < 1.29 is 4.42 Å². The molecule has 0 fully saturated rings. The van der Waals surface area contributed by atoms with E-state index in [1.807, 2.05) is 12.1 Å². The Morgan fingerprint density at radius 2 is 2.21 bits per heavy atom. The maximum Gasteiger partial charge on any atom is 0.126 e. The van der Waals surface area contributed by atoms with Crippen LogP contribution >= 0.6 is 0 Å². The molecule has 1 heterocycles. The van der Waals surface area contributed by atoms with Gasteiger partial charge in [0.05, 0.1) is 6.26 Å². The summed E-state index contributed by atoms with van der Waals surface area (Å²) < 4.78 is 5.23. The summed E-state index contributed by atoms with van der Waals surface area (Å²) in [4.78, 5) is 0. The molecule has 0 amide bonds. The van der Waals surface area contributed by atoms with Gasteiger partial charge in [0.25, 0.3) is 0 Å². The third-order valence-electron chi connectivity index (χ3n) is 1.83. The predicted molar refractivity (Wildman–Crippen MR) is 60.1 cm³/mol. The van der Waals surface area contributed by atoms with Gasteiger partial charge in [0, 0.05) is 12.1 Å². The molecule has 0 unspecified atom stereocenters. The zero-order valence-electron chi connectivity index (χ0n) is 9.42. The van der Waals surface area contributed by atoms with E-state index < -0.39 is 0 Å². The lowest BCUT2D eigenvalue weighted by molar-refractivity contribution is 0.444. The van der Waals surface area contributed by atoms with Gasteiger partial charge < -0.3 is 9.73 Å². The Bertz CT molecular complexity index is 291. The molecule has 2 heteroatoms. The van der Waals surface area contributed by atoms with Crippen molar-refractivity contribution in [1.82, 2.24) is 5.32 Å². The molecule has 0 aliphatic carbocycles. The molecule has 1 N–H and O–H groups in total. The van der Waals surface area contributed by atoms with Crippen molar-refractivity contribution in [2.45, 2.75) is 33.2 Å². The van der Waals surface area contributed by atoms with Crippen molar-refractivity contribution in [3.63, 3.8) is 0 Å². The smallest absolute Gasteiger partial charge is 0.126 e. The summed E-state index contributed by atoms with van der Waals surface area (Å²) >= 11 is 0. The second kappa shape index (κ2) is 4.47. The molecule has 0 saturated carbocycles. The van der Waals surface area contributed by atoms with E-state index in [1.165, 1.54) is 5.57 Å². The monoisotopic (exact) mass is 193 g/mol. The maximum absolute atomic E-state index is 5.23. The molecular formula is C12H19NO. The minimum Gasteiger partial charge on any atom is -0.465 e. The molecule has 0 bridgehead atoms. The van der Waals surface area contributed by atoms with E-state index in [4.69, 9.17) is 4.42 Å². The van der Waals surface area contributed by atoms with Crippen LogP contribution in [-0.2, 0) is 0 Å². The molecule has 0 atom stereocenters. The van der Waals surface area contributed by atoms with Crippen LogP contribution in [0.15, 0.2) is 28.4 Å². The highest BCUT2D eigenvalue weighted by atomic mass is 16.3. The molecule has 0 aromatic carbocycles. The highest BCUT2D eigenvalue weighted by molar-refractivity contribution is 5.46. The van der Waals surface area contributed by atoms with Gasteiger partial charge in [-0.1, -0.05) is 5.57 Å². The number of hydrogen-bond acceptors (Lipinski definition) is 2. The number of rotatable bonds is 3. The third kappa shape index (κ3) is 4.28. The first-order valence-electron chi connectivity index (χ1n) is 4.93. The molecule has 0 radical (unpaired) electrons. The molecule has 0 spiro atoms. The van der Waals surface area contributed by atoms with Crippen LogP contribution < -0.4 is 5.32 Å². The maximum atomic E-state index is 5.23. The van der Waals surface area contributed by atoms with Gasteiger partial charge in [-0.05, 0) is 45.9 Å². The van der Waals surface area contributed by atoms with E-state index in [1.54, 1.807) is 6.26 Å². The van der Waals surface area contributed by atoms with E-state index in [2.05, 4.69) is 39.1 Å². The Labute approximate surface area is 86.0 Å². The minimum atomic E-state index is 0.165. The average Bonchev–Trinajstić information content (AvgIpc) is 2.52. The summed E-state index contributed by atoms with van der Waals surface area (Å²) in [5.41, 5.74) is 1.44. The van der Waals surface area contributed by atoms with E-state index >= 15 is 0 Å². The fourth-order valence-electron chi connectivity index (χ4n) is 1.07. The molecule has 78 valence electrons. The molecule has 0 aliphatic rings. The van der Waals surface area contributed by atoms with Gasteiger partial charge in [0.15, 0.2) is 0 Å². The van der Waals surface area contributed by atoms with Crippen LogP contribution in [0.3, 0.4) is 0 Å². The lowest BCUT2D eigenvalue weighted by Gasteiger charge is -2.20. The van der Waals surface area contributed by atoms with Crippen LogP contribution in [0.5, 0.6) is 0 Å². The topological polar surface area (TPSA) is 25.2 Å². The second-order valence-corrected chi connectivity index (χ2v) is 4.61. The Kier molecular flexibility index (Phi) is 3.53. The van der Waals surface area contributed by atoms with Crippen molar-refractivity contribution in [2.75, 3.05) is 6.54 Å². The van der Waals surface area contributed by atoms with Gasteiger partial charge in [-0.2, -0.15) is 0 Å². The summed E-state index contributed by atoms with van der Waals surface area (Å²) in [6.07, 6.45) is 3.75. The first-order valence-corrected chi connectivity index (χ1v) is 4.93. The fourth-order valence-corrected chi connectivity index (χ4v) is 1.07. The zero-order valence-corrected chi connectivity index (χ0v) is 9.42. The molecule has 0 saturated heterocycles. The summed E-state index contributed by atoms with van der Waals surface area (Å²) in [6, 6.07) is 3.86. The van der Waals surface area contributed by atoms with Crippen molar-refractivity contribution >= 4 is 6.08 Å². The average molecular weight is 193 g/mol. The third-order valence-corrected chi connectivity index (χ3v) is 1.83.